The molecule has 0 bridgehead atoms. The first-order chi connectivity index (χ1) is 11.7. The summed E-state index contributed by atoms with van der Waals surface area (Å²) in [6.45, 7) is 0.641. The van der Waals surface area contributed by atoms with E-state index in [1.807, 2.05) is 30.0 Å². The number of rotatable bonds is 10. The highest BCUT2D eigenvalue weighted by Crippen LogP contribution is 2.20. The highest BCUT2D eigenvalue weighted by Gasteiger charge is 2.14. The molecule has 0 radical (unpaired) electrons. The molecule has 24 heavy (non-hydrogen) atoms. The van der Waals surface area contributed by atoms with E-state index < -0.39 is 0 Å². The summed E-state index contributed by atoms with van der Waals surface area (Å²) in [5, 5.41) is 5.55. The SMILES string of the molecule is CSCCC(N)c1nc(C(=O)NCCSCc2ccccc2)cs1. The van der Waals surface area contributed by atoms with E-state index in [9.17, 15) is 4.79 Å². The second kappa shape index (κ2) is 10.8. The first-order valence-electron chi connectivity index (χ1n) is 7.80. The lowest BCUT2D eigenvalue weighted by atomic mass is 10.2. The van der Waals surface area contributed by atoms with Gasteiger partial charge in [-0.3, -0.25) is 4.79 Å². The van der Waals surface area contributed by atoms with Crippen molar-refractivity contribution >= 4 is 40.8 Å². The molecule has 7 heteroatoms. The molecule has 1 amide bonds. The van der Waals surface area contributed by atoms with Crippen molar-refractivity contribution in [1.29, 1.82) is 0 Å². The Labute approximate surface area is 156 Å². The lowest BCUT2D eigenvalue weighted by Gasteiger charge is -2.06. The molecule has 1 aromatic heterocycles. The van der Waals surface area contributed by atoms with Crippen LogP contribution < -0.4 is 11.1 Å². The Kier molecular flexibility index (Phi) is 8.66. The lowest BCUT2D eigenvalue weighted by Crippen LogP contribution is -2.26. The largest absolute Gasteiger partial charge is 0.350 e. The van der Waals surface area contributed by atoms with Crippen LogP contribution in [0.25, 0.3) is 0 Å². The molecule has 0 saturated heterocycles. The van der Waals surface area contributed by atoms with Crippen molar-refractivity contribution in [1.82, 2.24) is 10.3 Å². The summed E-state index contributed by atoms with van der Waals surface area (Å²) in [7, 11) is 0. The average molecular weight is 382 g/mol. The van der Waals surface area contributed by atoms with Crippen molar-refractivity contribution in [2.24, 2.45) is 5.73 Å². The Morgan fingerprint density at radius 2 is 2.12 bits per heavy atom. The highest BCUT2D eigenvalue weighted by molar-refractivity contribution is 7.98. The summed E-state index contributed by atoms with van der Waals surface area (Å²) >= 11 is 5.04. The van der Waals surface area contributed by atoms with Crippen LogP contribution in [0, 0.1) is 0 Å². The molecule has 130 valence electrons. The third-order valence-electron chi connectivity index (χ3n) is 3.35. The van der Waals surface area contributed by atoms with Crippen molar-refractivity contribution in [2.45, 2.75) is 18.2 Å². The fourth-order valence-electron chi connectivity index (χ4n) is 2.02. The summed E-state index contributed by atoms with van der Waals surface area (Å²) in [6, 6.07) is 10.3. The number of carbonyl (C=O) groups is 1. The number of carbonyl (C=O) groups excluding carboxylic acids is 1. The number of aromatic nitrogens is 1. The van der Waals surface area contributed by atoms with Gasteiger partial charge in [0.05, 0.1) is 6.04 Å². The second-order valence-corrected chi connectivity index (χ2v) is 8.23. The summed E-state index contributed by atoms with van der Waals surface area (Å²) in [5.74, 6) is 2.73. The van der Waals surface area contributed by atoms with E-state index in [1.165, 1.54) is 16.9 Å². The van der Waals surface area contributed by atoms with E-state index in [0.29, 0.717) is 12.2 Å². The van der Waals surface area contributed by atoms with Gasteiger partial charge in [0.2, 0.25) is 0 Å². The zero-order valence-electron chi connectivity index (χ0n) is 13.7. The summed E-state index contributed by atoms with van der Waals surface area (Å²) in [4.78, 5) is 16.5. The minimum absolute atomic E-state index is 0.0783. The number of hydrogen-bond acceptors (Lipinski definition) is 6. The number of benzene rings is 1. The molecule has 0 fully saturated rings. The van der Waals surface area contributed by atoms with Crippen molar-refractivity contribution in [3.05, 3.63) is 52.0 Å². The third-order valence-corrected chi connectivity index (χ3v) is 6.00. The maximum Gasteiger partial charge on any atom is 0.270 e. The zero-order valence-corrected chi connectivity index (χ0v) is 16.2. The number of nitrogens with two attached hydrogens (primary N) is 1. The molecular formula is C17H23N3OS3. The summed E-state index contributed by atoms with van der Waals surface area (Å²) in [5.41, 5.74) is 7.87. The second-order valence-electron chi connectivity index (χ2n) is 5.25. The number of nitrogens with one attached hydrogen (secondary N) is 1. The minimum atomic E-state index is -0.116. The molecule has 2 aromatic rings. The average Bonchev–Trinajstić information content (AvgIpc) is 3.10. The summed E-state index contributed by atoms with van der Waals surface area (Å²) < 4.78 is 0. The molecule has 3 N–H and O–H groups in total. The fraction of sp³-hybridized carbons (Fsp3) is 0.412. The maximum atomic E-state index is 12.1. The summed E-state index contributed by atoms with van der Waals surface area (Å²) in [6.07, 6.45) is 2.94. The monoisotopic (exact) mass is 381 g/mol. The molecule has 1 atom stereocenters. The van der Waals surface area contributed by atoms with Gasteiger partial charge in [0, 0.05) is 23.4 Å². The van der Waals surface area contributed by atoms with Crippen LogP contribution in [0.15, 0.2) is 35.7 Å². The van der Waals surface area contributed by atoms with E-state index in [0.717, 1.165) is 28.7 Å². The van der Waals surface area contributed by atoms with E-state index in [1.54, 1.807) is 17.1 Å². The van der Waals surface area contributed by atoms with Crippen LogP contribution in [0.2, 0.25) is 0 Å². The molecule has 1 unspecified atom stereocenters. The van der Waals surface area contributed by atoms with Gasteiger partial charge < -0.3 is 11.1 Å². The number of thiazole rings is 1. The van der Waals surface area contributed by atoms with E-state index in [4.69, 9.17) is 5.73 Å². The molecular weight excluding hydrogens is 358 g/mol. The normalized spacial score (nSPS) is 12.1. The van der Waals surface area contributed by atoms with Gasteiger partial charge in [0.15, 0.2) is 0 Å². The Morgan fingerprint density at radius 3 is 2.88 bits per heavy atom. The number of hydrogen-bond donors (Lipinski definition) is 2. The van der Waals surface area contributed by atoms with Crippen LogP contribution in [-0.2, 0) is 5.75 Å². The van der Waals surface area contributed by atoms with E-state index in [2.05, 4.69) is 28.7 Å². The van der Waals surface area contributed by atoms with Crippen LogP contribution in [0.3, 0.4) is 0 Å². The topological polar surface area (TPSA) is 68.0 Å². The Bertz CT molecular complexity index is 619. The van der Waals surface area contributed by atoms with Crippen molar-refractivity contribution in [3.63, 3.8) is 0 Å². The quantitative estimate of drug-likeness (QED) is 0.616. The van der Waals surface area contributed by atoms with Crippen LogP contribution in [0.5, 0.6) is 0 Å². The number of thioether (sulfide) groups is 2. The zero-order chi connectivity index (χ0) is 17.2. The predicted molar refractivity (Wildman–Crippen MR) is 107 cm³/mol. The Balaban J connectivity index is 1.68. The standard InChI is InChI=1S/C17H23N3OS3/c1-22-9-7-14(18)17-20-15(12-24-17)16(21)19-8-10-23-11-13-5-3-2-4-6-13/h2-6,12,14H,7-11,18H2,1H3,(H,19,21). The Hall–Kier alpha value is -1.02. The molecule has 1 aromatic carbocycles. The lowest BCUT2D eigenvalue weighted by molar-refractivity contribution is 0.0951. The Morgan fingerprint density at radius 1 is 1.33 bits per heavy atom. The third kappa shape index (κ3) is 6.47. The predicted octanol–water partition coefficient (Wildman–Crippen LogP) is 3.56. The molecule has 4 nitrogen and oxygen atoms in total. The number of amides is 1. The van der Waals surface area contributed by atoms with Gasteiger partial charge in [-0.1, -0.05) is 30.3 Å². The van der Waals surface area contributed by atoms with Crippen LogP contribution in [0.4, 0.5) is 0 Å². The molecule has 0 saturated carbocycles. The first kappa shape index (κ1) is 19.3. The highest BCUT2D eigenvalue weighted by atomic mass is 32.2. The van der Waals surface area contributed by atoms with Gasteiger partial charge in [0.1, 0.15) is 10.7 Å². The molecule has 0 spiro atoms. The molecule has 1 heterocycles. The van der Waals surface area contributed by atoms with Gasteiger partial charge in [0.25, 0.3) is 5.91 Å². The fourth-order valence-corrected chi connectivity index (χ4v) is 4.17. The van der Waals surface area contributed by atoms with Crippen LogP contribution >= 0.6 is 34.9 Å². The van der Waals surface area contributed by atoms with Gasteiger partial charge >= 0.3 is 0 Å². The van der Waals surface area contributed by atoms with Crippen LogP contribution in [-0.4, -0.2) is 35.2 Å². The smallest absolute Gasteiger partial charge is 0.270 e. The number of nitrogens with zero attached hydrogens (tertiary/aromatic N) is 1. The van der Waals surface area contributed by atoms with Crippen molar-refractivity contribution in [2.75, 3.05) is 24.3 Å². The van der Waals surface area contributed by atoms with E-state index in [-0.39, 0.29) is 11.9 Å². The van der Waals surface area contributed by atoms with Crippen LogP contribution in [0.1, 0.15) is 33.5 Å². The van der Waals surface area contributed by atoms with Crippen molar-refractivity contribution in [3.8, 4) is 0 Å². The molecule has 2 rings (SSSR count). The minimum Gasteiger partial charge on any atom is -0.350 e. The maximum absolute atomic E-state index is 12.1. The van der Waals surface area contributed by atoms with Gasteiger partial charge in [-0.2, -0.15) is 23.5 Å². The van der Waals surface area contributed by atoms with Gasteiger partial charge in [-0.15, -0.1) is 11.3 Å². The van der Waals surface area contributed by atoms with Crippen molar-refractivity contribution < 1.29 is 4.79 Å². The van der Waals surface area contributed by atoms with E-state index >= 15 is 0 Å². The molecule has 0 aliphatic heterocycles. The van der Waals surface area contributed by atoms with Gasteiger partial charge in [-0.25, -0.2) is 4.98 Å². The van der Waals surface area contributed by atoms with Gasteiger partial charge in [-0.05, 0) is 24.0 Å². The molecule has 0 aliphatic rings. The first-order valence-corrected chi connectivity index (χ1v) is 11.2. The molecule has 0 aliphatic carbocycles.